The Hall–Kier alpha value is -1.02. The number of sulfonamides is 1. The average molecular weight is 333 g/mol. The summed E-state index contributed by atoms with van der Waals surface area (Å²) in [7, 11) is -3.43. The molecule has 0 spiro atoms. The molecule has 0 aliphatic heterocycles. The number of nitrogens with one attached hydrogen (secondary N) is 1. The first kappa shape index (κ1) is 19.0. The zero-order valence-electron chi connectivity index (χ0n) is 12.8. The van der Waals surface area contributed by atoms with E-state index < -0.39 is 16.0 Å². The van der Waals surface area contributed by atoms with E-state index in [0.717, 1.165) is 19.1 Å². The van der Waals surface area contributed by atoms with Gasteiger partial charge >= 0.3 is 29.6 Å². The van der Waals surface area contributed by atoms with Crippen molar-refractivity contribution >= 4 is 32.6 Å². The van der Waals surface area contributed by atoms with Crippen LogP contribution in [0.1, 0.15) is 35.9 Å². The average Bonchev–Trinajstić information content (AvgIpc) is 2.71. The molecular weight excluding hydrogens is 317 g/mol. The van der Waals surface area contributed by atoms with Crippen LogP contribution in [-0.2, 0) is 16.4 Å². The van der Waals surface area contributed by atoms with Gasteiger partial charge < -0.3 is 14.3 Å². The number of rotatable bonds is 6. The van der Waals surface area contributed by atoms with E-state index >= 15 is 0 Å². The van der Waals surface area contributed by atoms with Crippen LogP contribution in [-0.4, -0.2) is 20.6 Å². The maximum atomic E-state index is 11.3. The van der Waals surface area contributed by atoms with Gasteiger partial charge in [0.05, 0.1) is 12.2 Å². The Morgan fingerprint density at radius 2 is 2.05 bits per heavy atom. The fourth-order valence-electron chi connectivity index (χ4n) is 2.16. The van der Waals surface area contributed by atoms with Gasteiger partial charge in [-0.15, -0.1) is 0 Å². The smallest absolute Gasteiger partial charge is 0.545 e. The fourth-order valence-corrected chi connectivity index (χ4v) is 2.72. The number of aryl methyl sites for hydroxylation is 1. The second kappa shape index (κ2) is 7.50. The summed E-state index contributed by atoms with van der Waals surface area (Å²) in [4.78, 5) is 11.3. The summed E-state index contributed by atoms with van der Waals surface area (Å²) in [6, 6.07) is 4.51. The van der Waals surface area contributed by atoms with Crippen molar-refractivity contribution in [2.45, 2.75) is 26.2 Å². The van der Waals surface area contributed by atoms with E-state index in [9.17, 15) is 18.3 Å². The van der Waals surface area contributed by atoms with Gasteiger partial charge in [0.2, 0.25) is 10.0 Å². The number of hydrogen-bond donors (Lipinski definition) is 1. The van der Waals surface area contributed by atoms with Gasteiger partial charge in [0, 0.05) is 23.1 Å². The topological polar surface area (TPSA) is 99.4 Å². The number of fused-ring (bicyclic) bond motifs is 1. The summed E-state index contributed by atoms with van der Waals surface area (Å²) in [6.45, 7) is 2.00. The number of carbonyl (C=O) groups is 1. The van der Waals surface area contributed by atoms with Crippen molar-refractivity contribution in [2.75, 3.05) is 11.0 Å². The predicted molar refractivity (Wildman–Crippen MR) is 77.6 cm³/mol. The molecule has 0 amide bonds. The molecule has 1 aromatic carbocycles. The van der Waals surface area contributed by atoms with Crippen LogP contribution in [0.3, 0.4) is 0 Å². The summed E-state index contributed by atoms with van der Waals surface area (Å²) in [6.07, 6.45) is 3.24. The van der Waals surface area contributed by atoms with Crippen LogP contribution in [0.5, 0.6) is 0 Å². The van der Waals surface area contributed by atoms with Crippen LogP contribution >= 0.6 is 0 Å². The molecule has 114 valence electrons. The molecule has 0 unspecified atom stereocenters. The Bertz CT molecular complexity index is 782. The number of carboxylic acids is 1. The predicted octanol–water partition coefficient (Wildman–Crippen LogP) is -1.49. The third-order valence-electron chi connectivity index (χ3n) is 3.03. The van der Waals surface area contributed by atoms with Gasteiger partial charge in [-0.25, -0.2) is 8.42 Å². The van der Waals surface area contributed by atoms with Crippen molar-refractivity contribution in [3.8, 4) is 0 Å². The van der Waals surface area contributed by atoms with E-state index in [1.165, 1.54) is 12.1 Å². The largest absolute Gasteiger partial charge is 1.00 e. The molecule has 2 aromatic rings. The van der Waals surface area contributed by atoms with Crippen LogP contribution in [0.4, 0.5) is 5.69 Å². The van der Waals surface area contributed by atoms with Crippen molar-refractivity contribution < 1.29 is 52.3 Å². The second-order valence-electron chi connectivity index (χ2n) is 4.88. The van der Waals surface area contributed by atoms with Crippen LogP contribution in [0, 0.1) is 0 Å². The number of benzene rings is 1. The van der Waals surface area contributed by atoms with Crippen molar-refractivity contribution in [3.05, 3.63) is 29.5 Å². The molecular formula is C14H16NNaO5S. The summed E-state index contributed by atoms with van der Waals surface area (Å²) in [5.41, 5.74) is 0.685. The Morgan fingerprint density at radius 1 is 1.36 bits per heavy atom. The molecule has 0 saturated carbocycles. The Balaban J connectivity index is 0.00000242. The fraction of sp³-hybridized carbons (Fsp3) is 0.357. The molecule has 0 aliphatic rings. The Kier molecular flexibility index (Phi) is 6.49. The second-order valence-corrected chi connectivity index (χ2v) is 6.62. The minimum absolute atomic E-state index is 0. The monoisotopic (exact) mass is 333 g/mol. The third-order valence-corrected chi connectivity index (χ3v) is 3.63. The zero-order valence-corrected chi connectivity index (χ0v) is 15.6. The number of anilines is 1. The van der Waals surface area contributed by atoms with E-state index in [0.29, 0.717) is 23.2 Å². The van der Waals surface area contributed by atoms with Gasteiger partial charge in [0.25, 0.3) is 0 Å². The SMILES string of the molecule is CCCCc1oc2ccc(NS(C)(=O)=O)cc2c1C(=O)[O-].[Na+]. The Labute approximate surface area is 151 Å². The Morgan fingerprint density at radius 3 is 2.59 bits per heavy atom. The van der Waals surface area contributed by atoms with Gasteiger partial charge in [-0.1, -0.05) is 13.3 Å². The van der Waals surface area contributed by atoms with Gasteiger partial charge in [0.15, 0.2) is 0 Å². The van der Waals surface area contributed by atoms with Crippen molar-refractivity contribution in [3.63, 3.8) is 0 Å². The molecule has 0 bridgehead atoms. The van der Waals surface area contributed by atoms with Crippen molar-refractivity contribution in [1.29, 1.82) is 0 Å². The molecule has 1 aromatic heterocycles. The molecule has 0 radical (unpaired) electrons. The number of carboxylic acid groups (broad SMARTS) is 1. The number of furan rings is 1. The van der Waals surface area contributed by atoms with E-state index in [-0.39, 0.29) is 40.8 Å². The quantitative estimate of drug-likeness (QED) is 0.650. The van der Waals surface area contributed by atoms with Gasteiger partial charge in [-0.05, 0) is 24.6 Å². The minimum atomic E-state index is -3.43. The zero-order chi connectivity index (χ0) is 15.6. The maximum Gasteiger partial charge on any atom is 1.00 e. The molecule has 0 fully saturated rings. The summed E-state index contributed by atoms with van der Waals surface area (Å²) in [5, 5.41) is 11.7. The number of hydrogen-bond acceptors (Lipinski definition) is 5. The van der Waals surface area contributed by atoms with Crippen molar-refractivity contribution in [1.82, 2.24) is 0 Å². The van der Waals surface area contributed by atoms with Gasteiger partial charge in [-0.3, -0.25) is 4.72 Å². The molecule has 0 atom stereocenters. The van der Waals surface area contributed by atoms with E-state index in [1.54, 1.807) is 6.07 Å². The molecule has 0 aliphatic carbocycles. The summed E-state index contributed by atoms with van der Waals surface area (Å²) < 4.78 is 30.3. The van der Waals surface area contributed by atoms with Crippen LogP contribution in [0.2, 0.25) is 0 Å². The molecule has 22 heavy (non-hydrogen) atoms. The molecule has 2 rings (SSSR count). The summed E-state index contributed by atoms with van der Waals surface area (Å²) >= 11 is 0. The standard InChI is InChI=1S/C14H17NO5S.Na/c1-3-4-5-12-13(14(16)17)10-8-9(15-21(2,18)19)6-7-11(10)20-12;/h6-8,15H,3-5H2,1-2H3,(H,16,17);/q;+1/p-1. The molecule has 8 heteroatoms. The molecule has 1 heterocycles. The van der Waals surface area contributed by atoms with Gasteiger partial charge in [-0.2, -0.15) is 0 Å². The van der Waals surface area contributed by atoms with Crippen LogP contribution in [0.15, 0.2) is 22.6 Å². The molecule has 6 nitrogen and oxygen atoms in total. The first-order chi connectivity index (χ1) is 9.81. The number of carbonyl (C=O) groups excluding carboxylic acids is 1. The summed E-state index contributed by atoms with van der Waals surface area (Å²) in [5.74, 6) is -0.959. The third kappa shape index (κ3) is 4.49. The first-order valence-corrected chi connectivity index (χ1v) is 8.45. The number of unbranched alkanes of at least 4 members (excludes halogenated alkanes) is 1. The maximum absolute atomic E-state index is 11.3. The normalized spacial score (nSPS) is 11.2. The van der Waals surface area contributed by atoms with Crippen LogP contribution in [0.25, 0.3) is 11.0 Å². The molecule has 0 saturated heterocycles. The molecule has 1 N–H and O–H groups in total. The van der Waals surface area contributed by atoms with E-state index in [1.807, 2.05) is 6.92 Å². The van der Waals surface area contributed by atoms with Crippen LogP contribution < -0.4 is 39.4 Å². The first-order valence-electron chi connectivity index (χ1n) is 6.56. The van der Waals surface area contributed by atoms with E-state index in [4.69, 9.17) is 4.42 Å². The van der Waals surface area contributed by atoms with Gasteiger partial charge in [0.1, 0.15) is 11.3 Å². The van der Waals surface area contributed by atoms with E-state index in [2.05, 4.69) is 4.72 Å². The van der Waals surface area contributed by atoms with Crippen molar-refractivity contribution in [2.24, 2.45) is 0 Å². The minimum Gasteiger partial charge on any atom is -0.545 e. The number of aromatic carboxylic acids is 1.